The minimum atomic E-state index is 0.417. The molecule has 0 amide bonds. The van der Waals surface area contributed by atoms with Crippen LogP contribution in [0.25, 0.3) is 0 Å². The maximum Gasteiger partial charge on any atom is 0.00883 e. The Balaban J connectivity index is 1.73. The van der Waals surface area contributed by atoms with Crippen LogP contribution in [0, 0.1) is 5.41 Å². The lowest BCUT2D eigenvalue weighted by molar-refractivity contribution is 0.00626. The van der Waals surface area contributed by atoms with Crippen LogP contribution in [0.3, 0.4) is 0 Å². The zero-order chi connectivity index (χ0) is 14.6. The number of nitrogens with one attached hydrogen (secondary N) is 1. The predicted molar refractivity (Wildman–Crippen MR) is 90.6 cm³/mol. The molecular formula is C20H31N. The molecule has 0 bridgehead atoms. The van der Waals surface area contributed by atoms with Crippen molar-refractivity contribution in [1.82, 2.24) is 5.32 Å². The Labute approximate surface area is 130 Å². The number of hydrogen-bond donors (Lipinski definition) is 1. The van der Waals surface area contributed by atoms with E-state index in [-0.39, 0.29) is 0 Å². The quantitative estimate of drug-likeness (QED) is 0.746. The highest BCUT2D eigenvalue weighted by molar-refractivity contribution is 5.31. The van der Waals surface area contributed by atoms with Crippen LogP contribution in [0.2, 0.25) is 0 Å². The van der Waals surface area contributed by atoms with Gasteiger partial charge in [0.1, 0.15) is 0 Å². The minimum Gasteiger partial charge on any atom is -0.316 e. The van der Waals surface area contributed by atoms with Crippen LogP contribution in [0.1, 0.15) is 70.3 Å². The van der Waals surface area contributed by atoms with Crippen molar-refractivity contribution in [2.75, 3.05) is 13.1 Å². The highest BCUT2D eigenvalue weighted by Gasteiger charge is 2.54. The molecule has 0 aliphatic heterocycles. The van der Waals surface area contributed by atoms with Crippen molar-refractivity contribution in [2.24, 2.45) is 5.41 Å². The molecule has 1 aromatic carbocycles. The van der Waals surface area contributed by atoms with Crippen molar-refractivity contribution < 1.29 is 0 Å². The van der Waals surface area contributed by atoms with Crippen molar-refractivity contribution in [3.8, 4) is 0 Å². The van der Waals surface area contributed by atoms with E-state index in [0.29, 0.717) is 10.8 Å². The molecule has 1 spiro atoms. The van der Waals surface area contributed by atoms with Crippen molar-refractivity contribution in [1.29, 1.82) is 0 Å². The molecule has 116 valence electrons. The van der Waals surface area contributed by atoms with Crippen LogP contribution in [-0.4, -0.2) is 13.1 Å². The molecule has 0 unspecified atom stereocenters. The Morgan fingerprint density at radius 1 is 0.952 bits per heavy atom. The normalized spacial score (nSPS) is 23.5. The summed E-state index contributed by atoms with van der Waals surface area (Å²) in [5.74, 6) is 0. The third-order valence-electron chi connectivity index (χ3n) is 5.87. The van der Waals surface area contributed by atoms with Crippen LogP contribution < -0.4 is 5.32 Å². The lowest BCUT2D eigenvalue weighted by Gasteiger charge is -2.57. The number of benzene rings is 1. The van der Waals surface area contributed by atoms with E-state index in [1.165, 1.54) is 64.3 Å². The first kappa shape index (κ1) is 15.1. The monoisotopic (exact) mass is 285 g/mol. The highest BCUT2D eigenvalue weighted by Crippen LogP contribution is 2.61. The average Bonchev–Trinajstić information content (AvgIpc) is 2.73. The Hall–Kier alpha value is -0.820. The van der Waals surface area contributed by atoms with E-state index in [1.807, 2.05) is 0 Å². The molecule has 0 atom stereocenters. The van der Waals surface area contributed by atoms with Gasteiger partial charge in [-0.05, 0) is 49.6 Å². The average molecular weight is 285 g/mol. The van der Waals surface area contributed by atoms with Crippen LogP contribution in [0.4, 0.5) is 0 Å². The minimum absolute atomic E-state index is 0.417. The van der Waals surface area contributed by atoms with E-state index >= 15 is 0 Å². The lowest BCUT2D eigenvalue weighted by atomic mass is 9.48. The summed E-state index contributed by atoms with van der Waals surface area (Å²) in [7, 11) is 0. The van der Waals surface area contributed by atoms with Crippen LogP contribution in [0.15, 0.2) is 30.3 Å². The molecule has 1 nitrogen and oxygen atoms in total. The molecule has 2 aliphatic rings. The van der Waals surface area contributed by atoms with E-state index in [0.717, 1.165) is 6.54 Å². The Morgan fingerprint density at radius 2 is 1.62 bits per heavy atom. The number of hydrogen-bond acceptors (Lipinski definition) is 1. The fraction of sp³-hybridized carbons (Fsp3) is 0.700. The smallest absolute Gasteiger partial charge is 0.00883 e. The van der Waals surface area contributed by atoms with Crippen LogP contribution >= 0.6 is 0 Å². The van der Waals surface area contributed by atoms with Gasteiger partial charge in [-0.3, -0.25) is 0 Å². The van der Waals surface area contributed by atoms with Gasteiger partial charge in [0.25, 0.3) is 0 Å². The summed E-state index contributed by atoms with van der Waals surface area (Å²) in [5.41, 5.74) is 2.67. The second-order valence-corrected chi connectivity index (χ2v) is 7.59. The standard InChI is InChI=1S/C20H31N/c1-2-14-21-17-20(18-10-6-5-7-11-18)15-19(16-20)12-8-3-4-9-13-19/h5-7,10-11,21H,2-4,8-9,12-17H2,1H3. The summed E-state index contributed by atoms with van der Waals surface area (Å²) < 4.78 is 0. The van der Waals surface area contributed by atoms with E-state index in [4.69, 9.17) is 0 Å². The molecule has 0 radical (unpaired) electrons. The van der Waals surface area contributed by atoms with Gasteiger partial charge in [-0.25, -0.2) is 0 Å². The topological polar surface area (TPSA) is 12.0 Å². The van der Waals surface area contributed by atoms with Gasteiger partial charge in [0.2, 0.25) is 0 Å². The molecule has 2 aliphatic carbocycles. The maximum absolute atomic E-state index is 3.71. The summed E-state index contributed by atoms with van der Waals surface area (Å²) in [5, 5.41) is 3.71. The van der Waals surface area contributed by atoms with Gasteiger partial charge >= 0.3 is 0 Å². The van der Waals surface area contributed by atoms with Crippen LogP contribution in [0.5, 0.6) is 0 Å². The summed E-state index contributed by atoms with van der Waals surface area (Å²) >= 11 is 0. The molecule has 1 N–H and O–H groups in total. The Morgan fingerprint density at radius 3 is 2.24 bits per heavy atom. The largest absolute Gasteiger partial charge is 0.316 e. The zero-order valence-electron chi connectivity index (χ0n) is 13.7. The molecule has 1 aromatic rings. The van der Waals surface area contributed by atoms with Crippen LogP contribution in [-0.2, 0) is 5.41 Å². The van der Waals surface area contributed by atoms with E-state index in [2.05, 4.69) is 42.6 Å². The van der Waals surface area contributed by atoms with Gasteiger partial charge in [0.05, 0.1) is 0 Å². The highest BCUT2D eigenvalue weighted by atomic mass is 14.9. The first-order chi connectivity index (χ1) is 10.3. The fourth-order valence-corrected chi connectivity index (χ4v) is 4.94. The molecule has 0 saturated heterocycles. The molecule has 3 rings (SSSR count). The molecule has 0 heterocycles. The summed E-state index contributed by atoms with van der Waals surface area (Å²) in [6.07, 6.45) is 12.9. The third kappa shape index (κ3) is 3.18. The second-order valence-electron chi connectivity index (χ2n) is 7.59. The third-order valence-corrected chi connectivity index (χ3v) is 5.87. The Kier molecular flexibility index (Phi) is 4.69. The number of rotatable bonds is 5. The van der Waals surface area contributed by atoms with Gasteiger partial charge < -0.3 is 5.32 Å². The van der Waals surface area contributed by atoms with E-state index in [1.54, 1.807) is 5.56 Å². The predicted octanol–water partition coefficient (Wildman–Crippen LogP) is 5.06. The zero-order valence-corrected chi connectivity index (χ0v) is 13.7. The Bertz CT molecular complexity index is 420. The van der Waals surface area contributed by atoms with Crippen molar-refractivity contribution in [2.45, 2.75) is 70.1 Å². The van der Waals surface area contributed by atoms with Crippen molar-refractivity contribution >= 4 is 0 Å². The fourth-order valence-electron chi connectivity index (χ4n) is 4.94. The summed E-state index contributed by atoms with van der Waals surface area (Å²) in [6, 6.07) is 11.3. The maximum atomic E-state index is 3.71. The van der Waals surface area contributed by atoms with Crippen molar-refractivity contribution in [3.05, 3.63) is 35.9 Å². The molecule has 2 fully saturated rings. The first-order valence-electron chi connectivity index (χ1n) is 9.05. The van der Waals surface area contributed by atoms with E-state index in [9.17, 15) is 0 Å². The lowest BCUT2D eigenvalue weighted by Crippen LogP contribution is -2.54. The van der Waals surface area contributed by atoms with Gasteiger partial charge in [0.15, 0.2) is 0 Å². The second kappa shape index (κ2) is 6.52. The van der Waals surface area contributed by atoms with Gasteiger partial charge in [-0.2, -0.15) is 0 Å². The molecule has 0 aromatic heterocycles. The molecule has 2 saturated carbocycles. The van der Waals surface area contributed by atoms with Gasteiger partial charge in [0, 0.05) is 12.0 Å². The van der Waals surface area contributed by atoms with Gasteiger partial charge in [-0.1, -0.05) is 62.9 Å². The summed E-state index contributed by atoms with van der Waals surface area (Å²) in [4.78, 5) is 0. The molecule has 1 heteroatoms. The first-order valence-corrected chi connectivity index (χ1v) is 9.05. The van der Waals surface area contributed by atoms with E-state index < -0.39 is 0 Å². The summed E-state index contributed by atoms with van der Waals surface area (Å²) in [6.45, 7) is 4.59. The molecule has 21 heavy (non-hydrogen) atoms. The SMILES string of the molecule is CCCNCC1(c2ccccc2)CC2(CCCCCC2)C1. The van der Waals surface area contributed by atoms with Crippen molar-refractivity contribution in [3.63, 3.8) is 0 Å². The molecular weight excluding hydrogens is 254 g/mol. The van der Waals surface area contributed by atoms with Gasteiger partial charge in [-0.15, -0.1) is 0 Å².